The number of nitrogen functional groups attached to an aromatic ring is 1. The number of hydrogen-bond donors (Lipinski definition) is 4. The fraction of sp³-hybridized carbons (Fsp3) is 0.308. The zero-order valence-electron chi connectivity index (χ0n) is 15.2. The number of H-pyrrole nitrogens is 1. The molecule has 0 aliphatic heterocycles. The van der Waals surface area contributed by atoms with Crippen LogP contribution < -0.4 is 16.2 Å². The molecule has 2 rings (SSSR count). The normalized spacial score (nSPS) is 15.4. The van der Waals surface area contributed by atoms with E-state index < -0.39 is 27.7 Å². The van der Waals surface area contributed by atoms with Gasteiger partial charge in [0.1, 0.15) is 18.9 Å². The Kier molecular flexibility index (Phi) is 7.49. The first-order chi connectivity index (χ1) is 13.6. The lowest BCUT2D eigenvalue weighted by molar-refractivity contribution is 0.0891. The van der Waals surface area contributed by atoms with Crippen molar-refractivity contribution in [2.75, 3.05) is 30.6 Å². The van der Waals surface area contributed by atoms with E-state index in [4.69, 9.17) is 10.5 Å². The second-order valence-electron chi connectivity index (χ2n) is 5.41. The molecule has 2 heterocycles. The predicted molar refractivity (Wildman–Crippen MR) is 102 cm³/mol. The van der Waals surface area contributed by atoms with E-state index in [9.17, 15) is 23.7 Å². The van der Waals surface area contributed by atoms with Gasteiger partial charge in [-0.2, -0.15) is 9.29 Å². The number of imidazole rings is 1. The first-order valence-corrected chi connectivity index (χ1v) is 10.9. The number of ether oxygens (including phenoxy) is 1. The van der Waals surface area contributed by atoms with Crippen LogP contribution in [0.15, 0.2) is 36.3 Å². The monoisotopic (exact) mass is 450 g/mol. The van der Waals surface area contributed by atoms with Crippen molar-refractivity contribution in [3.63, 3.8) is 0 Å². The first kappa shape index (κ1) is 23.0. The smallest absolute Gasteiger partial charge is 0.369 e. The van der Waals surface area contributed by atoms with Crippen LogP contribution in [0, 0.1) is 6.92 Å². The van der Waals surface area contributed by atoms with Crippen molar-refractivity contribution < 1.29 is 32.5 Å². The molecule has 0 fully saturated rings. The van der Waals surface area contributed by atoms with Gasteiger partial charge in [-0.15, -0.1) is 0 Å². The number of phosphoric acid groups is 1. The molecule has 0 radical (unpaired) electrons. The van der Waals surface area contributed by atoms with E-state index in [1.807, 2.05) is 0 Å². The number of hydrogen-bond acceptors (Lipinski definition) is 10. The molecule has 16 heteroatoms. The topological polar surface area (TPSA) is 195 Å². The maximum absolute atomic E-state index is 11.9. The van der Waals surface area contributed by atoms with E-state index >= 15 is 0 Å². The van der Waals surface area contributed by atoms with Crippen molar-refractivity contribution in [1.29, 1.82) is 0 Å². The van der Waals surface area contributed by atoms with Gasteiger partial charge in [0.15, 0.2) is 0 Å². The predicted octanol–water partition coefficient (Wildman–Crippen LogP) is 0.563. The number of aromatic amines is 1. The van der Waals surface area contributed by atoms with Crippen LogP contribution >= 0.6 is 15.6 Å². The Balaban J connectivity index is 1.85. The second-order valence-corrected chi connectivity index (χ2v) is 8.70. The lowest BCUT2D eigenvalue weighted by Crippen LogP contribution is -2.26. The summed E-state index contributed by atoms with van der Waals surface area (Å²) < 4.78 is 38.6. The average molecular weight is 450 g/mol. The highest BCUT2D eigenvalue weighted by molar-refractivity contribution is 7.63. The van der Waals surface area contributed by atoms with Crippen molar-refractivity contribution in [3.8, 4) is 0 Å². The lowest BCUT2D eigenvalue weighted by Gasteiger charge is -2.21. The summed E-state index contributed by atoms with van der Waals surface area (Å²) in [6, 6.07) is 0. The molecule has 14 nitrogen and oxygen atoms in total. The highest BCUT2D eigenvalue weighted by atomic mass is 31.3. The van der Waals surface area contributed by atoms with Crippen LogP contribution in [0.2, 0.25) is 0 Å². The average Bonchev–Trinajstić information content (AvgIpc) is 3.16. The summed E-state index contributed by atoms with van der Waals surface area (Å²) in [4.78, 5) is 42.3. The summed E-state index contributed by atoms with van der Waals surface area (Å²) in [6.45, 7) is 4.36. The van der Waals surface area contributed by atoms with Gasteiger partial charge < -0.3 is 25.2 Å². The molecule has 29 heavy (non-hydrogen) atoms. The van der Waals surface area contributed by atoms with Crippen molar-refractivity contribution in [1.82, 2.24) is 19.3 Å². The zero-order valence-corrected chi connectivity index (χ0v) is 17.0. The first-order valence-electron chi connectivity index (χ1n) is 7.89. The molecule has 160 valence electrons. The SMILES string of the molecule is C=CN(COCCOP(=O)(O)OP(=O)(O)n1ccnc1)c1nc(N)[nH]c(=O)c1C. The number of anilines is 2. The highest BCUT2D eigenvalue weighted by Crippen LogP contribution is 2.60. The van der Waals surface area contributed by atoms with E-state index in [1.54, 1.807) is 0 Å². The van der Waals surface area contributed by atoms with Crippen molar-refractivity contribution in [2.24, 2.45) is 0 Å². The number of nitrogens with two attached hydrogens (primary N) is 1. The molecule has 2 aromatic heterocycles. The minimum atomic E-state index is -4.85. The van der Waals surface area contributed by atoms with E-state index in [0.717, 1.165) is 12.5 Å². The van der Waals surface area contributed by atoms with E-state index in [0.29, 0.717) is 4.34 Å². The maximum atomic E-state index is 11.9. The maximum Gasteiger partial charge on any atom is 0.480 e. The molecule has 0 saturated carbocycles. The zero-order chi connectivity index (χ0) is 21.7. The summed E-state index contributed by atoms with van der Waals surface area (Å²) in [5.41, 5.74) is 5.38. The molecule has 5 N–H and O–H groups in total. The summed E-state index contributed by atoms with van der Waals surface area (Å²) in [6.07, 6.45) is 4.58. The molecule has 0 bridgehead atoms. The van der Waals surface area contributed by atoms with Crippen LogP contribution in [0.25, 0.3) is 0 Å². The van der Waals surface area contributed by atoms with Crippen molar-refractivity contribution >= 4 is 27.3 Å². The summed E-state index contributed by atoms with van der Waals surface area (Å²) in [5.74, 6) is 0.135. The van der Waals surface area contributed by atoms with Gasteiger partial charge in [0.05, 0.1) is 18.8 Å². The number of aromatic nitrogens is 4. The Bertz CT molecular complexity index is 994. The van der Waals surface area contributed by atoms with Gasteiger partial charge in [0, 0.05) is 18.6 Å². The lowest BCUT2D eigenvalue weighted by atomic mass is 10.3. The van der Waals surface area contributed by atoms with E-state index in [1.165, 1.54) is 24.2 Å². The highest BCUT2D eigenvalue weighted by Gasteiger charge is 2.35. The van der Waals surface area contributed by atoms with Gasteiger partial charge in [0.2, 0.25) is 5.95 Å². The third kappa shape index (κ3) is 6.34. The van der Waals surface area contributed by atoms with Gasteiger partial charge >= 0.3 is 15.6 Å². The summed E-state index contributed by atoms with van der Waals surface area (Å²) in [7, 11) is -9.50. The van der Waals surface area contributed by atoms with Crippen LogP contribution in [-0.2, 0) is 22.7 Å². The Hall–Kier alpha value is -2.31. The van der Waals surface area contributed by atoms with Crippen LogP contribution in [0.3, 0.4) is 0 Å². The largest absolute Gasteiger partial charge is 0.480 e. The van der Waals surface area contributed by atoms with Crippen LogP contribution in [0.5, 0.6) is 0 Å². The molecule has 0 saturated heterocycles. The minimum Gasteiger partial charge on any atom is -0.369 e. The Morgan fingerprint density at radius 2 is 2.14 bits per heavy atom. The van der Waals surface area contributed by atoms with Crippen LogP contribution in [0.1, 0.15) is 5.56 Å². The second kappa shape index (κ2) is 9.46. The van der Waals surface area contributed by atoms with Gasteiger partial charge in [-0.3, -0.25) is 14.3 Å². The Morgan fingerprint density at radius 3 is 2.76 bits per heavy atom. The third-order valence-corrected chi connectivity index (χ3v) is 6.35. The van der Waals surface area contributed by atoms with Crippen LogP contribution in [-0.4, -0.2) is 49.0 Å². The molecule has 0 aliphatic carbocycles. The van der Waals surface area contributed by atoms with Gasteiger partial charge in [-0.25, -0.2) is 18.5 Å². The number of phosphoric ester groups is 1. The summed E-state index contributed by atoms with van der Waals surface area (Å²) in [5, 5.41) is 0. The van der Waals surface area contributed by atoms with Crippen LogP contribution in [0.4, 0.5) is 11.8 Å². The number of nitrogens with one attached hydrogen (secondary N) is 1. The Morgan fingerprint density at radius 1 is 1.41 bits per heavy atom. The third-order valence-electron chi connectivity index (χ3n) is 3.34. The minimum absolute atomic E-state index is 0.0875. The molecule has 0 amide bonds. The molecule has 2 atom stereocenters. The quantitative estimate of drug-likeness (QED) is 0.211. The van der Waals surface area contributed by atoms with Gasteiger partial charge in [0.25, 0.3) is 5.56 Å². The van der Waals surface area contributed by atoms with Crippen molar-refractivity contribution in [2.45, 2.75) is 6.92 Å². The van der Waals surface area contributed by atoms with E-state index in [-0.39, 0.29) is 30.7 Å². The van der Waals surface area contributed by atoms with Gasteiger partial charge in [-0.1, -0.05) is 6.58 Å². The molecule has 2 aromatic rings. The van der Waals surface area contributed by atoms with Gasteiger partial charge in [-0.05, 0) is 6.92 Å². The fourth-order valence-electron chi connectivity index (χ4n) is 1.99. The Labute approximate surface area is 164 Å². The molecular formula is C13H20N6O8P2. The molecular weight excluding hydrogens is 430 g/mol. The number of nitrogens with zero attached hydrogens (tertiary/aromatic N) is 4. The fourth-order valence-corrected chi connectivity index (χ4v) is 4.32. The molecule has 0 aromatic carbocycles. The van der Waals surface area contributed by atoms with Crippen molar-refractivity contribution in [3.05, 3.63) is 47.4 Å². The molecule has 0 aliphatic rings. The molecule has 0 spiro atoms. The summed E-state index contributed by atoms with van der Waals surface area (Å²) >= 11 is 0. The number of rotatable bonds is 11. The van der Waals surface area contributed by atoms with E-state index in [2.05, 4.69) is 30.4 Å². The molecule has 2 unspecified atom stereocenters. The standard InChI is InChI=1S/C13H20N6O8P2/c1-3-18(11-10(2)12(20)17-13(14)16-11)9-25-6-7-26-29(23,24)27-28(21,22)19-5-4-15-8-19/h3-5,8H,1,6-7,9H2,2H3,(H,21,22)(H,23,24)(H3,14,16,17,20).